The molecule has 0 unspecified atom stereocenters. The highest BCUT2D eigenvalue weighted by molar-refractivity contribution is 4.90. The lowest BCUT2D eigenvalue weighted by atomic mass is 10.5. The number of rotatable bonds is 4. The molecule has 0 fully saturated rings. The molecule has 4 nitrogen and oxygen atoms in total. The Kier molecular flexibility index (Phi) is 4.24. The maximum absolute atomic E-state index is 4.98. The van der Waals surface area contributed by atoms with E-state index >= 15 is 0 Å². The molecule has 0 aliphatic rings. The summed E-state index contributed by atoms with van der Waals surface area (Å²) in [6, 6.07) is 0. The van der Waals surface area contributed by atoms with Gasteiger partial charge in [0.15, 0.2) is 0 Å². The molecule has 0 heterocycles. The molecule has 0 saturated heterocycles. The van der Waals surface area contributed by atoms with E-state index in [1.54, 1.807) is 7.05 Å². The third kappa shape index (κ3) is 3.60. The van der Waals surface area contributed by atoms with Crippen LogP contribution in [-0.2, 0) is 0 Å². The van der Waals surface area contributed by atoms with Crippen LogP contribution in [-0.4, -0.2) is 13.6 Å². The van der Waals surface area contributed by atoms with Crippen LogP contribution in [0.25, 0.3) is 0 Å². The van der Waals surface area contributed by atoms with Crippen LogP contribution < -0.4 is 22.1 Å². The van der Waals surface area contributed by atoms with Crippen LogP contribution >= 0.6 is 0 Å². The first kappa shape index (κ1) is 7.42. The predicted molar refractivity (Wildman–Crippen MR) is 33.5 cm³/mol. The SMILES string of the molecule is C=C(CNN)NNC. The van der Waals surface area contributed by atoms with E-state index in [-0.39, 0.29) is 0 Å². The molecule has 0 radical (unpaired) electrons. The first-order valence-electron chi connectivity index (χ1n) is 2.35. The number of nitrogens with one attached hydrogen (secondary N) is 3. The molecule has 0 bridgehead atoms. The molecular weight excluding hydrogens is 104 g/mol. The summed E-state index contributed by atoms with van der Waals surface area (Å²) in [7, 11) is 1.77. The van der Waals surface area contributed by atoms with Crippen LogP contribution in [0.4, 0.5) is 0 Å². The molecule has 0 aromatic rings. The Labute approximate surface area is 49.1 Å². The van der Waals surface area contributed by atoms with Gasteiger partial charge in [0, 0.05) is 12.7 Å². The highest BCUT2D eigenvalue weighted by Crippen LogP contribution is 1.71. The fraction of sp³-hybridized carbons (Fsp3) is 0.500. The van der Waals surface area contributed by atoms with Gasteiger partial charge in [-0.25, -0.2) is 5.43 Å². The van der Waals surface area contributed by atoms with Gasteiger partial charge >= 0.3 is 0 Å². The van der Waals surface area contributed by atoms with E-state index in [1.807, 2.05) is 0 Å². The predicted octanol–water partition coefficient (Wildman–Crippen LogP) is -1.31. The van der Waals surface area contributed by atoms with E-state index in [2.05, 4.69) is 22.9 Å². The van der Waals surface area contributed by atoms with Crippen LogP contribution in [0.3, 0.4) is 0 Å². The molecule has 0 rings (SSSR count). The van der Waals surface area contributed by atoms with Gasteiger partial charge < -0.3 is 5.43 Å². The maximum atomic E-state index is 4.98. The van der Waals surface area contributed by atoms with Crippen molar-refractivity contribution in [3.05, 3.63) is 12.3 Å². The summed E-state index contributed by atoms with van der Waals surface area (Å²) in [4.78, 5) is 0. The molecule has 0 saturated carbocycles. The summed E-state index contributed by atoms with van der Waals surface area (Å²) in [5.74, 6) is 4.98. The average molecular weight is 116 g/mol. The molecule has 4 heteroatoms. The minimum atomic E-state index is 0.570. The monoisotopic (exact) mass is 116 g/mol. The second-order valence-corrected chi connectivity index (χ2v) is 1.36. The topological polar surface area (TPSA) is 62.1 Å². The first-order chi connectivity index (χ1) is 3.81. The van der Waals surface area contributed by atoms with Crippen molar-refractivity contribution in [2.45, 2.75) is 0 Å². The minimum Gasteiger partial charge on any atom is -0.325 e. The molecule has 8 heavy (non-hydrogen) atoms. The molecule has 0 aromatic heterocycles. The molecular formula is C4H12N4. The zero-order valence-corrected chi connectivity index (χ0v) is 4.99. The Morgan fingerprint density at radius 2 is 2.38 bits per heavy atom. The van der Waals surface area contributed by atoms with E-state index < -0.39 is 0 Å². The van der Waals surface area contributed by atoms with E-state index in [1.165, 1.54) is 0 Å². The molecule has 0 aliphatic carbocycles. The number of hydrogen-bond acceptors (Lipinski definition) is 4. The Morgan fingerprint density at radius 1 is 1.75 bits per heavy atom. The largest absolute Gasteiger partial charge is 0.325 e. The zero-order valence-electron chi connectivity index (χ0n) is 4.99. The molecule has 0 amide bonds. The van der Waals surface area contributed by atoms with Gasteiger partial charge in [0.1, 0.15) is 0 Å². The first-order valence-corrected chi connectivity index (χ1v) is 2.35. The van der Waals surface area contributed by atoms with Crippen LogP contribution in [0.5, 0.6) is 0 Å². The minimum absolute atomic E-state index is 0.570. The lowest BCUT2D eigenvalue weighted by Crippen LogP contribution is -2.34. The fourth-order valence-corrected chi connectivity index (χ4v) is 0.344. The van der Waals surface area contributed by atoms with Crippen LogP contribution in [0, 0.1) is 0 Å². The quantitative estimate of drug-likeness (QED) is 0.272. The summed E-state index contributed by atoms with van der Waals surface area (Å²) >= 11 is 0. The van der Waals surface area contributed by atoms with E-state index in [0.29, 0.717) is 6.54 Å². The molecule has 0 aliphatic heterocycles. The highest BCUT2D eigenvalue weighted by atomic mass is 15.4. The van der Waals surface area contributed by atoms with Crippen molar-refractivity contribution in [2.24, 2.45) is 5.84 Å². The van der Waals surface area contributed by atoms with Crippen LogP contribution in [0.15, 0.2) is 12.3 Å². The standard InChI is InChI=1S/C4H12N4/c1-4(3-7-5)8-6-2/h6-8H,1,3,5H2,2H3. The Bertz CT molecular complexity index is 62.4. The summed E-state index contributed by atoms with van der Waals surface area (Å²) in [6.07, 6.45) is 0. The van der Waals surface area contributed by atoms with E-state index in [0.717, 1.165) is 5.70 Å². The van der Waals surface area contributed by atoms with Crippen molar-refractivity contribution in [2.75, 3.05) is 13.6 Å². The Balaban J connectivity index is 3.06. The molecule has 5 N–H and O–H groups in total. The summed E-state index contributed by atoms with van der Waals surface area (Å²) < 4.78 is 0. The van der Waals surface area contributed by atoms with Gasteiger partial charge in [0.05, 0.1) is 6.54 Å². The second kappa shape index (κ2) is 4.58. The van der Waals surface area contributed by atoms with Crippen molar-refractivity contribution >= 4 is 0 Å². The van der Waals surface area contributed by atoms with E-state index in [4.69, 9.17) is 5.84 Å². The third-order valence-electron chi connectivity index (χ3n) is 0.617. The molecule has 0 atom stereocenters. The smallest absolute Gasteiger partial charge is 0.0504 e. The normalized spacial score (nSPS) is 8.75. The summed E-state index contributed by atoms with van der Waals surface area (Å²) in [6.45, 7) is 4.19. The van der Waals surface area contributed by atoms with Crippen molar-refractivity contribution < 1.29 is 0 Å². The van der Waals surface area contributed by atoms with Crippen LogP contribution in [0.1, 0.15) is 0 Å². The Morgan fingerprint density at radius 3 is 2.75 bits per heavy atom. The van der Waals surface area contributed by atoms with Crippen molar-refractivity contribution in [3.63, 3.8) is 0 Å². The third-order valence-corrected chi connectivity index (χ3v) is 0.617. The Hall–Kier alpha value is -0.580. The van der Waals surface area contributed by atoms with Crippen molar-refractivity contribution in [1.82, 2.24) is 16.3 Å². The van der Waals surface area contributed by atoms with Gasteiger partial charge in [0.2, 0.25) is 0 Å². The highest BCUT2D eigenvalue weighted by Gasteiger charge is 1.83. The molecule has 48 valence electrons. The van der Waals surface area contributed by atoms with Gasteiger partial charge in [-0.15, -0.1) is 0 Å². The maximum Gasteiger partial charge on any atom is 0.0504 e. The van der Waals surface area contributed by atoms with Gasteiger partial charge in [-0.05, 0) is 0 Å². The van der Waals surface area contributed by atoms with E-state index in [9.17, 15) is 0 Å². The van der Waals surface area contributed by atoms with Gasteiger partial charge in [-0.1, -0.05) is 6.58 Å². The molecule has 0 aromatic carbocycles. The fourth-order valence-electron chi connectivity index (χ4n) is 0.344. The number of hydrazine groups is 2. The number of hydrogen-bond donors (Lipinski definition) is 4. The van der Waals surface area contributed by atoms with Crippen LogP contribution in [0.2, 0.25) is 0 Å². The second-order valence-electron chi connectivity index (χ2n) is 1.36. The number of nitrogens with two attached hydrogens (primary N) is 1. The van der Waals surface area contributed by atoms with Gasteiger partial charge in [0.25, 0.3) is 0 Å². The lowest BCUT2D eigenvalue weighted by molar-refractivity contribution is 0.643. The summed E-state index contributed by atoms with van der Waals surface area (Å²) in [5, 5.41) is 0. The van der Waals surface area contributed by atoms with Gasteiger partial charge in [-0.2, -0.15) is 0 Å². The van der Waals surface area contributed by atoms with Crippen molar-refractivity contribution in [3.8, 4) is 0 Å². The van der Waals surface area contributed by atoms with Crippen molar-refractivity contribution in [1.29, 1.82) is 0 Å². The lowest BCUT2D eigenvalue weighted by Gasteiger charge is -2.04. The average Bonchev–Trinajstić information content (AvgIpc) is 1.68. The summed E-state index contributed by atoms with van der Waals surface area (Å²) in [5.41, 5.74) is 8.73. The zero-order chi connectivity index (χ0) is 6.41. The van der Waals surface area contributed by atoms with Gasteiger partial charge in [-0.3, -0.25) is 11.3 Å². The molecule has 0 spiro atoms.